The van der Waals surface area contributed by atoms with Crippen LogP contribution in [0, 0.1) is 0 Å². The standard InChI is InChI=1S/C16H13Cl3F2N2O2/c17-13-4-2-1-3-10(13)9-22-15(24)23-11-5-7-12(8-6-11)25-16(18,19)14(20)21/h1-8,14H,9H2,(H2,22,23,24). The zero-order valence-corrected chi connectivity index (χ0v) is 14.9. The van der Waals surface area contributed by atoms with Gasteiger partial charge in [-0.25, -0.2) is 13.6 Å². The van der Waals surface area contributed by atoms with Gasteiger partial charge in [-0.1, -0.05) is 53.0 Å². The summed E-state index contributed by atoms with van der Waals surface area (Å²) in [4.78, 5) is 11.9. The molecule has 0 aromatic heterocycles. The lowest BCUT2D eigenvalue weighted by atomic mass is 10.2. The minimum Gasteiger partial charge on any atom is -0.453 e. The zero-order valence-electron chi connectivity index (χ0n) is 12.6. The van der Waals surface area contributed by atoms with Crippen LogP contribution in [0.2, 0.25) is 5.02 Å². The molecule has 0 heterocycles. The molecular weight excluding hydrogens is 397 g/mol. The number of carbonyl (C=O) groups excluding carboxylic acids is 1. The van der Waals surface area contributed by atoms with Crippen LogP contribution in [0.1, 0.15) is 5.56 Å². The van der Waals surface area contributed by atoms with Crippen LogP contribution in [0.5, 0.6) is 5.75 Å². The van der Waals surface area contributed by atoms with Crippen LogP contribution in [0.25, 0.3) is 0 Å². The van der Waals surface area contributed by atoms with Crippen LogP contribution < -0.4 is 15.4 Å². The van der Waals surface area contributed by atoms with Crippen molar-refractivity contribution in [1.82, 2.24) is 5.32 Å². The van der Waals surface area contributed by atoms with Gasteiger partial charge in [0.1, 0.15) is 5.75 Å². The number of hydrogen-bond donors (Lipinski definition) is 2. The molecule has 0 fully saturated rings. The second-order valence-electron chi connectivity index (χ2n) is 4.89. The first-order valence-electron chi connectivity index (χ1n) is 7.01. The number of ether oxygens (including phenoxy) is 1. The van der Waals surface area contributed by atoms with Gasteiger partial charge in [-0.15, -0.1) is 0 Å². The molecule has 0 saturated heterocycles. The van der Waals surface area contributed by atoms with Crippen LogP contribution in [0.3, 0.4) is 0 Å². The summed E-state index contributed by atoms with van der Waals surface area (Å²) in [6.07, 6.45) is -3.08. The van der Waals surface area contributed by atoms with E-state index in [2.05, 4.69) is 10.6 Å². The molecule has 25 heavy (non-hydrogen) atoms. The van der Waals surface area contributed by atoms with Gasteiger partial charge in [0.15, 0.2) is 0 Å². The highest BCUT2D eigenvalue weighted by atomic mass is 35.5. The minimum absolute atomic E-state index is 0.0346. The van der Waals surface area contributed by atoms with E-state index in [1.54, 1.807) is 18.2 Å². The number of nitrogens with one attached hydrogen (secondary N) is 2. The summed E-state index contributed by atoms with van der Waals surface area (Å²) in [5.74, 6) is 0.0346. The Morgan fingerprint density at radius 2 is 1.76 bits per heavy atom. The summed E-state index contributed by atoms with van der Waals surface area (Å²) in [5, 5.41) is 5.78. The normalized spacial score (nSPS) is 11.3. The van der Waals surface area contributed by atoms with E-state index in [9.17, 15) is 13.6 Å². The van der Waals surface area contributed by atoms with Gasteiger partial charge < -0.3 is 15.4 Å². The second kappa shape index (κ2) is 8.56. The van der Waals surface area contributed by atoms with Crippen LogP contribution in [0.4, 0.5) is 19.3 Å². The maximum atomic E-state index is 12.5. The fourth-order valence-corrected chi connectivity index (χ4v) is 2.18. The largest absolute Gasteiger partial charge is 0.453 e. The molecule has 0 unspecified atom stereocenters. The van der Waals surface area contributed by atoms with Crippen LogP contribution >= 0.6 is 34.8 Å². The quantitative estimate of drug-likeness (QED) is 0.624. The number of urea groups is 1. The highest BCUT2D eigenvalue weighted by Crippen LogP contribution is 2.32. The molecule has 2 N–H and O–H groups in total. The number of carbonyl (C=O) groups is 1. The Balaban J connectivity index is 1.88. The van der Waals surface area contributed by atoms with E-state index in [4.69, 9.17) is 39.5 Å². The summed E-state index contributed by atoms with van der Waals surface area (Å²) < 4.78 is 27.2. The molecule has 9 heteroatoms. The number of benzene rings is 2. The van der Waals surface area contributed by atoms with E-state index >= 15 is 0 Å². The van der Waals surface area contributed by atoms with Gasteiger partial charge >= 0.3 is 17.0 Å². The number of halogens is 5. The molecule has 2 aromatic rings. The third-order valence-corrected chi connectivity index (χ3v) is 3.87. The fraction of sp³-hybridized carbons (Fsp3) is 0.188. The Bertz CT molecular complexity index is 728. The van der Waals surface area contributed by atoms with Gasteiger partial charge in [-0.05, 0) is 35.9 Å². The first-order valence-corrected chi connectivity index (χ1v) is 8.14. The number of hydrogen-bond acceptors (Lipinski definition) is 2. The Hall–Kier alpha value is -1.76. The van der Waals surface area contributed by atoms with Crippen molar-refractivity contribution >= 4 is 46.5 Å². The molecule has 0 aliphatic rings. The van der Waals surface area contributed by atoms with Crippen molar-refractivity contribution in [2.24, 2.45) is 0 Å². The lowest BCUT2D eigenvalue weighted by molar-refractivity contribution is 0.0322. The van der Waals surface area contributed by atoms with Crippen molar-refractivity contribution in [3.8, 4) is 5.75 Å². The molecule has 2 rings (SSSR count). The first-order chi connectivity index (χ1) is 11.8. The maximum absolute atomic E-state index is 12.5. The fourth-order valence-electron chi connectivity index (χ4n) is 1.80. The smallest absolute Gasteiger partial charge is 0.319 e. The van der Waals surface area contributed by atoms with E-state index in [1.807, 2.05) is 6.07 Å². The maximum Gasteiger partial charge on any atom is 0.319 e. The third kappa shape index (κ3) is 5.92. The van der Waals surface area contributed by atoms with Crippen molar-refractivity contribution in [2.45, 2.75) is 17.5 Å². The number of amides is 2. The summed E-state index contributed by atoms with van der Waals surface area (Å²) in [7, 11) is 0. The molecule has 2 aromatic carbocycles. The highest BCUT2D eigenvalue weighted by Gasteiger charge is 2.38. The zero-order chi connectivity index (χ0) is 18.4. The first kappa shape index (κ1) is 19.6. The second-order valence-corrected chi connectivity index (χ2v) is 6.61. The van der Waals surface area contributed by atoms with E-state index in [0.29, 0.717) is 10.7 Å². The van der Waals surface area contributed by atoms with Gasteiger partial charge in [0, 0.05) is 17.3 Å². The molecule has 2 amide bonds. The van der Waals surface area contributed by atoms with Crippen LogP contribution in [-0.2, 0) is 6.54 Å². The highest BCUT2D eigenvalue weighted by molar-refractivity contribution is 6.47. The summed E-state index contributed by atoms with van der Waals surface area (Å²) in [6.45, 7) is 0.252. The van der Waals surface area contributed by atoms with Gasteiger partial charge in [0.2, 0.25) is 0 Å². The van der Waals surface area contributed by atoms with E-state index in [1.165, 1.54) is 24.3 Å². The average Bonchev–Trinajstić information content (AvgIpc) is 2.55. The van der Waals surface area contributed by atoms with E-state index in [0.717, 1.165) is 5.56 Å². The Morgan fingerprint density at radius 3 is 2.36 bits per heavy atom. The van der Waals surface area contributed by atoms with E-state index in [-0.39, 0.29) is 12.3 Å². The Labute approximate surface area is 158 Å². The van der Waals surface area contributed by atoms with Crippen molar-refractivity contribution < 1.29 is 18.3 Å². The predicted octanol–water partition coefficient (Wildman–Crippen LogP) is 5.44. The van der Waals surface area contributed by atoms with Crippen molar-refractivity contribution in [2.75, 3.05) is 5.32 Å². The minimum atomic E-state index is -3.08. The Kier molecular flexibility index (Phi) is 6.70. The topological polar surface area (TPSA) is 50.4 Å². The predicted molar refractivity (Wildman–Crippen MR) is 94.8 cm³/mol. The van der Waals surface area contributed by atoms with Crippen molar-refractivity contribution in [3.63, 3.8) is 0 Å². The molecule has 0 saturated carbocycles. The number of alkyl halides is 4. The lowest BCUT2D eigenvalue weighted by Gasteiger charge is -2.20. The van der Waals surface area contributed by atoms with Crippen molar-refractivity contribution in [1.29, 1.82) is 0 Å². The molecule has 0 radical (unpaired) electrons. The van der Waals surface area contributed by atoms with Crippen LogP contribution in [-0.4, -0.2) is 17.0 Å². The monoisotopic (exact) mass is 408 g/mol. The Morgan fingerprint density at radius 1 is 1.12 bits per heavy atom. The number of anilines is 1. The summed E-state index contributed by atoms with van der Waals surface area (Å²) in [5.41, 5.74) is 1.20. The molecule has 134 valence electrons. The third-order valence-electron chi connectivity index (χ3n) is 3.02. The SMILES string of the molecule is O=C(NCc1ccccc1Cl)Nc1ccc(OC(Cl)(Cl)C(F)F)cc1. The molecule has 0 spiro atoms. The van der Waals surface area contributed by atoms with Gasteiger partial charge in [-0.2, -0.15) is 0 Å². The van der Waals surface area contributed by atoms with Gasteiger partial charge in [0.05, 0.1) is 0 Å². The van der Waals surface area contributed by atoms with Gasteiger partial charge in [0.25, 0.3) is 0 Å². The molecule has 4 nitrogen and oxygen atoms in total. The number of rotatable bonds is 6. The molecule has 0 atom stereocenters. The lowest BCUT2D eigenvalue weighted by Crippen LogP contribution is -2.30. The molecule has 0 aliphatic heterocycles. The average molecular weight is 410 g/mol. The summed E-state index contributed by atoms with van der Waals surface area (Å²) >= 11 is 16.7. The van der Waals surface area contributed by atoms with Gasteiger partial charge in [-0.3, -0.25) is 0 Å². The van der Waals surface area contributed by atoms with Crippen molar-refractivity contribution in [3.05, 3.63) is 59.1 Å². The van der Waals surface area contributed by atoms with E-state index < -0.39 is 17.0 Å². The molecule has 0 aliphatic carbocycles. The molecule has 0 bridgehead atoms. The summed E-state index contributed by atoms with van der Waals surface area (Å²) in [6, 6.07) is 12.3. The van der Waals surface area contributed by atoms with Crippen LogP contribution in [0.15, 0.2) is 48.5 Å². The molecular formula is C16H13Cl3F2N2O2.